The molecule has 1 atom stereocenters. The summed E-state index contributed by atoms with van der Waals surface area (Å²) in [5.41, 5.74) is 9.11. The highest BCUT2D eigenvalue weighted by molar-refractivity contribution is 5.71. The first kappa shape index (κ1) is 20.9. The number of H-pyrrole nitrogens is 1. The summed E-state index contributed by atoms with van der Waals surface area (Å²) >= 11 is 0. The van der Waals surface area contributed by atoms with Crippen molar-refractivity contribution in [3.8, 4) is 34.7 Å². The Kier molecular flexibility index (Phi) is 5.38. The molecule has 2 aromatic carbocycles. The van der Waals surface area contributed by atoms with Crippen LogP contribution in [0.1, 0.15) is 42.7 Å². The maximum atomic E-state index is 13.5. The Morgan fingerprint density at radius 3 is 2.61 bits per heavy atom. The quantitative estimate of drug-likeness (QED) is 0.585. The molecule has 1 aromatic heterocycles. The smallest absolute Gasteiger partial charge is 0.244 e. The van der Waals surface area contributed by atoms with Crippen molar-refractivity contribution in [1.29, 1.82) is 5.26 Å². The van der Waals surface area contributed by atoms with Gasteiger partial charge in [0, 0.05) is 5.56 Å². The minimum absolute atomic E-state index is 0.00240. The van der Waals surface area contributed by atoms with Gasteiger partial charge in [-0.15, -0.1) is 5.10 Å². The van der Waals surface area contributed by atoms with E-state index in [9.17, 15) is 9.65 Å². The fraction of sp³-hybridized carbons (Fsp3) is 0.280. The molecule has 1 saturated carbocycles. The average Bonchev–Trinajstić information content (AvgIpc) is 3.49. The summed E-state index contributed by atoms with van der Waals surface area (Å²) in [6.07, 6.45) is 4.57. The predicted octanol–water partition coefficient (Wildman–Crippen LogP) is 4.76. The molecule has 1 aliphatic carbocycles. The highest BCUT2D eigenvalue weighted by atomic mass is 19.1. The summed E-state index contributed by atoms with van der Waals surface area (Å²) in [6.45, 7) is 0. The van der Waals surface area contributed by atoms with Crippen LogP contribution in [0.5, 0.6) is 17.4 Å². The Balaban J connectivity index is 1.60. The second kappa shape index (κ2) is 8.51. The number of rotatable bonds is 5. The topological polar surface area (TPSA) is 106 Å². The average molecular weight is 446 g/mol. The summed E-state index contributed by atoms with van der Waals surface area (Å²) in [7, 11) is 1.59. The first-order chi connectivity index (χ1) is 16.1. The molecule has 3 aromatic rings. The van der Waals surface area contributed by atoms with Gasteiger partial charge in [0.15, 0.2) is 11.5 Å². The number of aromatic amines is 1. The molecule has 0 unspecified atom stereocenters. The van der Waals surface area contributed by atoms with Crippen LogP contribution in [0.4, 0.5) is 4.39 Å². The van der Waals surface area contributed by atoms with Crippen LogP contribution in [-0.2, 0) is 0 Å². The Hall–Kier alpha value is -3.99. The van der Waals surface area contributed by atoms with Crippen LogP contribution in [-0.4, -0.2) is 23.4 Å². The molecule has 33 heavy (non-hydrogen) atoms. The number of nitrogens with zero attached hydrogens (tertiary/aromatic N) is 2. The van der Waals surface area contributed by atoms with E-state index >= 15 is 0 Å². The Bertz CT molecular complexity index is 1250. The number of allylic oxidation sites excluding steroid dienone is 1. The van der Waals surface area contributed by atoms with Crippen LogP contribution in [0.25, 0.3) is 11.3 Å². The van der Waals surface area contributed by atoms with Crippen molar-refractivity contribution in [1.82, 2.24) is 10.2 Å². The maximum Gasteiger partial charge on any atom is 0.244 e. The van der Waals surface area contributed by atoms with Crippen LogP contribution < -0.4 is 19.9 Å². The van der Waals surface area contributed by atoms with Crippen molar-refractivity contribution in [2.75, 3.05) is 7.11 Å². The molecule has 3 N–H and O–H groups in total. The third-order valence-electron chi connectivity index (χ3n) is 6.19. The highest BCUT2D eigenvalue weighted by Gasteiger charge is 2.36. The zero-order valence-electron chi connectivity index (χ0n) is 18.1. The number of nitriles is 1. The first-order valence-electron chi connectivity index (χ1n) is 10.9. The monoisotopic (exact) mass is 446 g/mol. The van der Waals surface area contributed by atoms with Crippen LogP contribution in [0.15, 0.2) is 53.9 Å². The third-order valence-corrected chi connectivity index (χ3v) is 6.19. The van der Waals surface area contributed by atoms with Crippen LogP contribution in [0, 0.1) is 17.1 Å². The van der Waals surface area contributed by atoms with Crippen molar-refractivity contribution < 1.29 is 18.6 Å². The van der Waals surface area contributed by atoms with Gasteiger partial charge in [-0.2, -0.15) is 5.26 Å². The number of benzene rings is 2. The van der Waals surface area contributed by atoms with Crippen molar-refractivity contribution in [3.05, 3.63) is 70.9 Å². The fourth-order valence-corrected chi connectivity index (χ4v) is 4.56. The second-order valence-corrected chi connectivity index (χ2v) is 8.18. The van der Waals surface area contributed by atoms with Gasteiger partial charge in [-0.05, 0) is 67.6 Å². The molecule has 2 heterocycles. The molecule has 1 aliphatic heterocycles. The van der Waals surface area contributed by atoms with Gasteiger partial charge in [0.2, 0.25) is 11.8 Å². The number of nitrogens with two attached hydrogens (primary N) is 1. The lowest BCUT2D eigenvalue weighted by Gasteiger charge is -2.25. The highest BCUT2D eigenvalue weighted by Crippen LogP contribution is 2.47. The summed E-state index contributed by atoms with van der Waals surface area (Å²) in [5.74, 6) is 0.631. The van der Waals surface area contributed by atoms with Crippen LogP contribution in [0.2, 0.25) is 0 Å². The van der Waals surface area contributed by atoms with Gasteiger partial charge in [-0.25, -0.2) is 4.39 Å². The number of ether oxygens (including phenoxy) is 3. The standard InChI is InChI=1S/C25H23FN4O3/c1-31-20-12-15(8-11-19(20)32-17-4-2-3-5-17)21-18(13-27)24(28)33-25-22(21)23(29-30-25)14-6-9-16(26)10-7-14/h6-12,17,21H,2-5,28H2,1H3,(H,29,30)/t21-/m1/s1. The molecule has 8 heteroatoms. The molecule has 0 amide bonds. The number of nitrogens with one attached hydrogen (secondary N) is 1. The predicted molar refractivity (Wildman–Crippen MR) is 119 cm³/mol. The summed E-state index contributed by atoms with van der Waals surface area (Å²) in [6, 6.07) is 13.8. The van der Waals surface area contributed by atoms with Gasteiger partial charge in [-0.3, -0.25) is 5.10 Å². The molecule has 0 bridgehead atoms. The second-order valence-electron chi connectivity index (χ2n) is 8.18. The zero-order valence-corrected chi connectivity index (χ0v) is 18.1. The van der Waals surface area contributed by atoms with Crippen LogP contribution >= 0.6 is 0 Å². The summed E-state index contributed by atoms with van der Waals surface area (Å²) in [5, 5.41) is 17.1. The molecular weight excluding hydrogens is 423 g/mol. The third kappa shape index (κ3) is 3.76. The van der Waals surface area contributed by atoms with E-state index in [0.29, 0.717) is 28.3 Å². The largest absolute Gasteiger partial charge is 0.493 e. The fourth-order valence-electron chi connectivity index (χ4n) is 4.56. The number of fused-ring (bicyclic) bond motifs is 1. The Labute approximate surface area is 190 Å². The number of hydrogen-bond donors (Lipinski definition) is 2. The number of aromatic nitrogens is 2. The SMILES string of the molecule is COc1cc([C@@H]2C(C#N)=C(N)Oc3n[nH]c(-c4ccc(F)cc4)c32)ccc1OC1CCCC1. The number of methoxy groups -OCH3 is 1. The van der Waals surface area contributed by atoms with E-state index < -0.39 is 5.92 Å². The maximum absolute atomic E-state index is 13.5. The Morgan fingerprint density at radius 1 is 1.15 bits per heavy atom. The van der Waals surface area contributed by atoms with Gasteiger partial charge in [-0.1, -0.05) is 6.07 Å². The Morgan fingerprint density at radius 2 is 1.91 bits per heavy atom. The van der Waals surface area contributed by atoms with E-state index in [1.165, 1.54) is 12.1 Å². The molecule has 0 spiro atoms. The minimum Gasteiger partial charge on any atom is -0.493 e. The van der Waals surface area contributed by atoms with Gasteiger partial charge in [0.1, 0.15) is 17.5 Å². The molecule has 1 fully saturated rings. The molecule has 2 aliphatic rings. The lowest BCUT2D eigenvalue weighted by atomic mass is 9.83. The van der Waals surface area contributed by atoms with Gasteiger partial charge in [0.05, 0.1) is 30.4 Å². The number of hydrogen-bond acceptors (Lipinski definition) is 6. The molecule has 168 valence electrons. The lowest BCUT2D eigenvalue weighted by Crippen LogP contribution is -2.21. The van der Waals surface area contributed by atoms with Gasteiger partial charge in [0.25, 0.3) is 0 Å². The van der Waals surface area contributed by atoms with E-state index in [1.54, 1.807) is 19.2 Å². The summed E-state index contributed by atoms with van der Waals surface area (Å²) < 4.78 is 30.9. The van der Waals surface area contributed by atoms with E-state index in [4.69, 9.17) is 19.9 Å². The van der Waals surface area contributed by atoms with Crippen molar-refractivity contribution >= 4 is 0 Å². The van der Waals surface area contributed by atoms with E-state index in [2.05, 4.69) is 16.3 Å². The molecule has 0 radical (unpaired) electrons. The van der Waals surface area contributed by atoms with Crippen molar-refractivity contribution in [2.45, 2.75) is 37.7 Å². The zero-order chi connectivity index (χ0) is 22.9. The van der Waals surface area contributed by atoms with Crippen molar-refractivity contribution in [3.63, 3.8) is 0 Å². The lowest BCUT2D eigenvalue weighted by molar-refractivity contribution is 0.200. The molecular formula is C25H23FN4O3. The molecule has 7 nitrogen and oxygen atoms in total. The van der Waals surface area contributed by atoms with Crippen molar-refractivity contribution in [2.24, 2.45) is 5.73 Å². The van der Waals surface area contributed by atoms with E-state index in [-0.39, 0.29) is 29.3 Å². The number of halogens is 1. The van der Waals surface area contributed by atoms with Gasteiger partial charge >= 0.3 is 0 Å². The van der Waals surface area contributed by atoms with E-state index in [1.807, 2.05) is 18.2 Å². The molecule has 5 rings (SSSR count). The molecule has 0 saturated heterocycles. The van der Waals surface area contributed by atoms with Gasteiger partial charge < -0.3 is 19.9 Å². The first-order valence-corrected chi connectivity index (χ1v) is 10.9. The minimum atomic E-state index is -0.549. The van der Waals surface area contributed by atoms with Crippen LogP contribution in [0.3, 0.4) is 0 Å². The normalized spacial score (nSPS) is 17.9. The van der Waals surface area contributed by atoms with E-state index in [0.717, 1.165) is 31.2 Å². The summed E-state index contributed by atoms with van der Waals surface area (Å²) in [4.78, 5) is 0.